The van der Waals surface area contributed by atoms with Crippen LogP contribution in [-0.2, 0) is 19.3 Å². The largest absolute Gasteiger partial charge is 0.292 e. The number of benzene rings is 1. The number of aromatic nitrogens is 4. The Kier molecular flexibility index (Phi) is 3.56. The van der Waals surface area contributed by atoms with E-state index in [1.165, 1.54) is 0 Å². The van der Waals surface area contributed by atoms with Crippen molar-refractivity contribution >= 4 is 38.6 Å². The molecule has 0 unspecified atom stereocenters. The van der Waals surface area contributed by atoms with Crippen LogP contribution < -0.4 is 0 Å². The molecule has 0 aliphatic rings. The van der Waals surface area contributed by atoms with Gasteiger partial charge in [-0.1, -0.05) is 22.9 Å². The van der Waals surface area contributed by atoms with Gasteiger partial charge in [0, 0.05) is 17.7 Å². The van der Waals surface area contributed by atoms with Crippen LogP contribution >= 0.6 is 27.5 Å². The molecule has 0 saturated heterocycles. The van der Waals surface area contributed by atoms with Gasteiger partial charge >= 0.3 is 0 Å². The van der Waals surface area contributed by atoms with Crippen molar-refractivity contribution in [2.24, 2.45) is 7.05 Å². The van der Waals surface area contributed by atoms with Crippen LogP contribution in [-0.4, -0.2) is 19.3 Å². The van der Waals surface area contributed by atoms with Crippen LogP contribution in [0.4, 0.5) is 0 Å². The average molecular weight is 354 g/mol. The zero-order chi connectivity index (χ0) is 14.3. The second-order valence-corrected chi connectivity index (χ2v) is 5.80. The Morgan fingerprint density at radius 3 is 2.85 bits per heavy atom. The molecule has 0 N–H and O–H groups in total. The van der Waals surface area contributed by atoms with Gasteiger partial charge in [-0.2, -0.15) is 5.10 Å². The standard InChI is InChI=1S/C14H14BrClN4/c1-3-10-13(8-19(2)18-10)20-12-6-9(15)4-5-11(12)17-14(20)7-16/h4-6,8H,3,7H2,1-2H3. The molecule has 20 heavy (non-hydrogen) atoms. The molecule has 4 nitrogen and oxygen atoms in total. The molecule has 104 valence electrons. The van der Waals surface area contributed by atoms with E-state index in [1.54, 1.807) is 0 Å². The van der Waals surface area contributed by atoms with E-state index in [0.717, 1.165) is 39.1 Å². The number of hydrogen-bond donors (Lipinski definition) is 0. The summed E-state index contributed by atoms with van der Waals surface area (Å²) in [6.45, 7) is 2.10. The molecule has 0 fully saturated rings. The van der Waals surface area contributed by atoms with Crippen molar-refractivity contribution in [3.05, 3.63) is 40.4 Å². The highest BCUT2D eigenvalue weighted by atomic mass is 79.9. The Bertz CT molecular complexity index is 775. The zero-order valence-electron chi connectivity index (χ0n) is 11.3. The summed E-state index contributed by atoms with van der Waals surface area (Å²) >= 11 is 9.59. The van der Waals surface area contributed by atoms with E-state index in [0.29, 0.717) is 5.88 Å². The molecule has 0 amide bonds. The Balaban J connectivity index is 2.35. The van der Waals surface area contributed by atoms with Crippen molar-refractivity contribution in [3.8, 4) is 5.69 Å². The first-order chi connectivity index (χ1) is 9.63. The third-order valence-corrected chi connectivity index (χ3v) is 4.00. The fourth-order valence-corrected chi connectivity index (χ4v) is 2.95. The third kappa shape index (κ3) is 2.15. The number of alkyl halides is 1. The van der Waals surface area contributed by atoms with Crippen LogP contribution in [0, 0.1) is 0 Å². The topological polar surface area (TPSA) is 35.6 Å². The summed E-state index contributed by atoms with van der Waals surface area (Å²) in [5.41, 5.74) is 4.07. The highest BCUT2D eigenvalue weighted by Crippen LogP contribution is 2.27. The number of halogens is 2. The van der Waals surface area contributed by atoms with E-state index < -0.39 is 0 Å². The first-order valence-corrected chi connectivity index (χ1v) is 7.72. The van der Waals surface area contributed by atoms with E-state index in [1.807, 2.05) is 30.1 Å². The van der Waals surface area contributed by atoms with E-state index in [9.17, 15) is 0 Å². The molecule has 2 aromatic heterocycles. The van der Waals surface area contributed by atoms with Crippen LogP contribution in [0.1, 0.15) is 18.4 Å². The van der Waals surface area contributed by atoms with E-state index in [2.05, 4.69) is 43.6 Å². The fraction of sp³-hybridized carbons (Fsp3) is 0.286. The molecule has 6 heteroatoms. The normalized spacial score (nSPS) is 11.4. The molecular weight excluding hydrogens is 340 g/mol. The Labute approximate surface area is 130 Å². The smallest absolute Gasteiger partial charge is 0.129 e. The third-order valence-electron chi connectivity index (χ3n) is 3.26. The lowest BCUT2D eigenvalue weighted by atomic mass is 10.2. The maximum absolute atomic E-state index is 6.07. The maximum atomic E-state index is 6.07. The zero-order valence-corrected chi connectivity index (χ0v) is 13.6. The molecule has 2 heterocycles. The molecule has 3 rings (SSSR count). The molecule has 3 aromatic rings. The van der Waals surface area contributed by atoms with Crippen LogP contribution in [0.3, 0.4) is 0 Å². The van der Waals surface area contributed by atoms with Gasteiger partial charge in [-0.15, -0.1) is 11.6 Å². The summed E-state index contributed by atoms with van der Waals surface area (Å²) in [7, 11) is 1.93. The molecular formula is C14H14BrClN4. The molecule has 1 aromatic carbocycles. The minimum atomic E-state index is 0.365. The van der Waals surface area contributed by atoms with Gasteiger partial charge in [0.25, 0.3) is 0 Å². The molecule has 0 aliphatic carbocycles. The Morgan fingerprint density at radius 2 is 2.15 bits per heavy atom. The van der Waals surface area contributed by atoms with Gasteiger partial charge in [0.1, 0.15) is 5.82 Å². The highest BCUT2D eigenvalue weighted by Gasteiger charge is 2.16. The minimum Gasteiger partial charge on any atom is -0.292 e. The number of hydrogen-bond acceptors (Lipinski definition) is 2. The molecule has 0 radical (unpaired) electrons. The molecule has 0 spiro atoms. The molecule has 0 atom stereocenters. The predicted octanol–water partition coefficient (Wildman–Crippen LogP) is 3.82. The summed E-state index contributed by atoms with van der Waals surface area (Å²) in [5.74, 6) is 1.20. The second kappa shape index (κ2) is 5.22. The Hall–Kier alpha value is -1.33. The first-order valence-electron chi connectivity index (χ1n) is 6.39. The van der Waals surface area contributed by atoms with Gasteiger partial charge in [0.05, 0.1) is 28.3 Å². The fourth-order valence-electron chi connectivity index (χ4n) is 2.42. The van der Waals surface area contributed by atoms with Gasteiger partial charge in [-0.05, 0) is 24.6 Å². The SMILES string of the molecule is CCc1nn(C)cc1-n1c(CCl)nc2ccc(Br)cc21. The molecule has 0 aliphatic heterocycles. The van der Waals surface area contributed by atoms with Crippen molar-refractivity contribution in [2.45, 2.75) is 19.2 Å². The van der Waals surface area contributed by atoms with Gasteiger partial charge in [-0.3, -0.25) is 9.25 Å². The number of nitrogens with zero attached hydrogens (tertiary/aromatic N) is 4. The second-order valence-electron chi connectivity index (χ2n) is 4.62. The van der Waals surface area contributed by atoms with Crippen LogP contribution in [0.15, 0.2) is 28.9 Å². The number of aryl methyl sites for hydroxylation is 2. The highest BCUT2D eigenvalue weighted by molar-refractivity contribution is 9.10. The lowest BCUT2D eigenvalue weighted by Gasteiger charge is -2.07. The van der Waals surface area contributed by atoms with E-state index in [-0.39, 0.29) is 0 Å². The minimum absolute atomic E-state index is 0.365. The van der Waals surface area contributed by atoms with Crippen molar-refractivity contribution in [1.29, 1.82) is 0 Å². The number of fused-ring (bicyclic) bond motifs is 1. The summed E-state index contributed by atoms with van der Waals surface area (Å²) in [4.78, 5) is 4.61. The van der Waals surface area contributed by atoms with Crippen molar-refractivity contribution in [1.82, 2.24) is 19.3 Å². The quantitative estimate of drug-likeness (QED) is 0.671. The van der Waals surface area contributed by atoms with Gasteiger partial charge in [0.15, 0.2) is 0 Å². The van der Waals surface area contributed by atoms with E-state index >= 15 is 0 Å². The molecule has 0 saturated carbocycles. The summed E-state index contributed by atoms with van der Waals surface area (Å²) in [6.07, 6.45) is 2.88. The van der Waals surface area contributed by atoms with Crippen molar-refractivity contribution < 1.29 is 0 Å². The number of imidazole rings is 1. The van der Waals surface area contributed by atoms with Crippen LogP contribution in [0.2, 0.25) is 0 Å². The summed E-state index contributed by atoms with van der Waals surface area (Å²) in [6, 6.07) is 6.04. The van der Waals surface area contributed by atoms with Gasteiger partial charge < -0.3 is 0 Å². The van der Waals surface area contributed by atoms with E-state index in [4.69, 9.17) is 11.6 Å². The monoisotopic (exact) mass is 352 g/mol. The summed E-state index contributed by atoms with van der Waals surface area (Å²) < 4.78 is 4.95. The van der Waals surface area contributed by atoms with Crippen molar-refractivity contribution in [3.63, 3.8) is 0 Å². The maximum Gasteiger partial charge on any atom is 0.129 e. The van der Waals surface area contributed by atoms with Crippen LogP contribution in [0.25, 0.3) is 16.7 Å². The van der Waals surface area contributed by atoms with Crippen molar-refractivity contribution in [2.75, 3.05) is 0 Å². The molecule has 0 bridgehead atoms. The average Bonchev–Trinajstić information content (AvgIpc) is 2.97. The lowest BCUT2D eigenvalue weighted by Crippen LogP contribution is -2.01. The predicted molar refractivity (Wildman–Crippen MR) is 84.5 cm³/mol. The van der Waals surface area contributed by atoms with Gasteiger partial charge in [-0.25, -0.2) is 4.98 Å². The van der Waals surface area contributed by atoms with Gasteiger partial charge in [0.2, 0.25) is 0 Å². The first kappa shape index (κ1) is 13.6. The lowest BCUT2D eigenvalue weighted by molar-refractivity contribution is 0.746. The number of rotatable bonds is 3. The summed E-state index contributed by atoms with van der Waals surface area (Å²) in [5, 5.41) is 4.50. The Morgan fingerprint density at radius 1 is 1.35 bits per heavy atom. The van der Waals surface area contributed by atoms with Crippen LogP contribution in [0.5, 0.6) is 0 Å².